The van der Waals surface area contributed by atoms with Gasteiger partial charge >= 0.3 is 0 Å². The Hall–Kier alpha value is -2.73. The van der Waals surface area contributed by atoms with Gasteiger partial charge in [-0.2, -0.15) is 0 Å². The number of hydrogen-bond acceptors (Lipinski definition) is 4. The largest absolute Gasteiger partial charge is 0.388 e. The van der Waals surface area contributed by atoms with Crippen LogP contribution in [0.5, 0.6) is 0 Å². The van der Waals surface area contributed by atoms with Gasteiger partial charge in [-0.25, -0.2) is 0 Å². The number of rotatable bonds is 4. The van der Waals surface area contributed by atoms with E-state index < -0.39 is 11.0 Å². The topological polar surface area (TPSA) is 83.7 Å². The van der Waals surface area contributed by atoms with Crippen molar-refractivity contribution < 1.29 is 14.8 Å². The average Bonchev–Trinajstić information content (AvgIpc) is 2.72. The second-order valence-corrected chi connectivity index (χ2v) is 8.72. The highest BCUT2D eigenvalue weighted by atomic mass is 16.6. The van der Waals surface area contributed by atoms with Gasteiger partial charge in [0, 0.05) is 30.3 Å². The van der Waals surface area contributed by atoms with E-state index in [1.54, 1.807) is 17.0 Å². The lowest BCUT2D eigenvalue weighted by atomic mass is 9.85. The monoisotopic (exact) mass is 396 g/mol. The molecule has 0 saturated carbocycles. The summed E-state index contributed by atoms with van der Waals surface area (Å²) in [4.78, 5) is 25.8. The zero-order valence-corrected chi connectivity index (χ0v) is 17.2. The van der Waals surface area contributed by atoms with Crippen LogP contribution in [0.4, 0.5) is 5.69 Å². The fourth-order valence-electron chi connectivity index (χ4n) is 3.97. The molecule has 0 bridgehead atoms. The van der Waals surface area contributed by atoms with Crippen LogP contribution in [0, 0.1) is 16.0 Å². The van der Waals surface area contributed by atoms with Crippen molar-refractivity contribution >= 4 is 11.6 Å². The SMILES string of the molecule is CC(C)(C)c1ccc(C(=O)N2CCC(C(O)c3ccccc3)CC2)cc1[N+](=O)[O-]. The molecule has 2 aromatic rings. The summed E-state index contributed by atoms with van der Waals surface area (Å²) in [6.07, 6.45) is 0.856. The normalized spacial score (nSPS) is 16.5. The number of benzene rings is 2. The first-order valence-corrected chi connectivity index (χ1v) is 9.99. The molecule has 1 aliphatic heterocycles. The third kappa shape index (κ3) is 4.65. The van der Waals surface area contributed by atoms with Gasteiger partial charge in [-0.15, -0.1) is 0 Å². The number of nitrogens with zero attached hydrogens (tertiary/aromatic N) is 2. The molecule has 0 radical (unpaired) electrons. The number of amides is 1. The van der Waals surface area contributed by atoms with Crippen molar-refractivity contribution in [2.24, 2.45) is 5.92 Å². The highest BCUT2D eigenvalue weighted by Crippen LogP contribution is 2.34. The molecule has 2 aromatic carbocycles. The fraction of sp³-hybridized carbons (Fsp3) is 0.435. The Bertz CT molecular complexity index is 881. The van der Waals surface area contributed by atoms with Gasteiger partial charge in [0.1, 0.15) is 0 Å². The molecule has 29 heavy (non-hydrogen) atoms. The van der Waals surface area contributed by atoms with Crippen LogP contribution in [-0.4, -0.2) is 33.9 Å². The quantitative estimate of drug-likeness (QED) is 0.610. The Morgan fingerprint density at radius 1 is 1.14 bits per heavy atom. The molecule has 0 spiro atoms. The molecule has 3 rings (SSSR count). The second-order valence-electron chi connectivity index (χ2n) is 8.72. The van der Waals surface area contributed by atoms with E-state index >= 15 is 0 Å². The molecule has 0 aliphatic carbocycles. The Morgan fingerprint density at radius 3 is 2.31 bits per heavy atom. The third-order valence-corrected chi connectivity index (χ3v) is 5.66. The van der Waals surface area contributed by atoms with E-state index in [0.29, 0.717) is 37.1 Å². The summed E-state index contributed by atoms with van der Waals surface area (Å²) in [6, 6.07) is 14.3. The molecule has 1 saturated heterocycles. The van der Waals surface area contributed by atoms with Gasteiger partial charge in [-0.1, -0.05) is 57.2 Å². The maximum Gasteiger partial charge on any atom is 0.273 e. The van der Waals surface area contributed by atoms with E-state index in [0.717, 1.165) is 5.56 Å². The van der Waals surface area contributed by atoms with Crippen molar-refractivity contribution in [2.75, 3.05) is 13.1 Å². The van der Waals surface area contributed by atoms with Crippen LogP contribution in [-0.2, 0) is 5.41 Å². The number of piperidine rings is 1. The van der Waals surface area contributed by atoms with Gasteiger partial charge in [-0.05, 0) is 35.8 Å². The predicted octanol–water partition coefficient (Wildman–Crippen LogP) is 4.48. The number of nitro groups is 1. The van der Waals surface area contributed by atoms with Crippen molar-refractivity contribution in [3.63, 3.8) is 0 Å². The van der Waals surface area contributed by atoms with Crippen molar-refractivity contribution in [1.82, 2.24) is 4.90 Å². The first kappa shape index (κ1) is 21.0. The molecule has 1 N–H and O–H groups in total. The molecule has 6 heteroatoms. The highest BCUT2D eigenvalue weighted by molar-refractivity contribution is 5.95. The Morgan fingerprint density at radius 2 is 1.76 bits per heavy atom. The maximum absolute atomic E-state index is 12.9. The first-order chi connectivity index (χ1) is 13.7. The molecule has 6 nitrogen and oxygen atoms in total. The van der Waals surface area contributed by atoms with Gasteiger partial charge < -0.3 is 10.0 Å². The summed E-state index contributed by atoms with van der Waals surface area (Å²) in [5.41, 5.74) is 1.45. The molecule has 1 heterocycles. The van der Waals surface area contributed by atoms with Crippen molar-refractivity contribution in [1.29, 1.82) is 0 Å². The highest BCUT2D eigenvalue weighted by Gasteiger charge is 2.31. The molecule has 1 aliphatic rings. The van der Waals surface area contributed by atoms with E-state index in [9.17, 15) is 20.0 Å². The van der Waals surface area contributed by atoms with Gasteiger partial charge in [0.2, 0.25) is 0 Å². The molecule has 1 unspecified atom stereocenters. The summed E-state index contributed by atoms with van der Waals surface area (Å²) in [5.74, 6) is -0.0970. The predicted molar refractivity (Wildman–Crippen MR) is 112 cm³/mol. The Labute approximate surface area is 171 Å². The molecule has 154 valence electrons. The second kappa shape index (κ2) is 8.33. The van der Waals surface area contributed by atoms with Crippen LogP contribution >= 0.6 is 0 Å². The lowest BCUT2D eigenvalue weighted by Gasteiger charge is -2.34. The zero-order valence-electron chi connectivity index (χ0n) is 17.2. The number of carbonyl (C=O) groups is 1. The summed E-state index contributed by atoms with van der Waals surface area (Å²) in [6.45, 7) is 6.81. The lowest BCUT2D eigenvalue weighted by Crippen LogP contribution is -2.39. The van der Waals surface area contributed by atoms with Crippen molar-refractivity contribution in [3.05, 3.63) is 75.3 Å². The van der Waals surface area contributed by atoms with Crippen molar-refractivity contribution in [2.45, 2.75) is 45.1 Å². The van der Waals surface area contributed by atoms with Gasteiger partial charge in [0.05, 0.1) is 11.0 Å². The van der Waals surface area contributed by atoms with Crippen LogP contribution in [0.3, 0.4) is 0 Å². The zero-order chi connectivity index (χ0) is 21.2. The minimum absolute atomic E-state index is 0.0160. The lowest BCUT2D eigenvalue weighted by molar-refractivity contribution is -0.386. The first-order valence-electron chi connectivity index (χ1n) is 9.99. The van der Waals surface area contributed by atoms with E-state index in [4.69, 9.17) is 0 Å². The number of carbonyl (C=O) groups excluding carboxylic acids is 1. The van der Waals surface area contributed by atoms with E-state index in [2.05, 4.69) is 0 Å². The van der Waals surface area contributed by atoms with Crippen LogP contribution in [0.15, 0.2) is 48.5 Å². The van der Waals surface area contributed by atoms with E-state index in [1.807, 2.05) is 51.1 Å². The number of aliphatic hydroxyl groups is 1. The van der Waals surface area contributed by atoms with Crippen LogP contribution in [0.1, 0.15) is 61.2 Å². The van der Waals surface area contributed by atoms with E-state index in [1.165, 1.54) is 6.07 Å². The third-order valence-electron chi connectivity index (χ3n) is 5.66. The van der Waals surface area contributed by atoms with Crippen LogP contribution < -0.4 is 0 Å². The summed E-state index contributed by atoms with van der Waals surface area (Å²) < 4.78 is 0. The number of likely N-dealkylation sites (tertiary alicyclic amines) is 1. The van der Waals surface area contributed by atoms with Crippen LogP contribution in [0.25, 0.3) is 0 Å². The summed E-state index contributed by atoms with van der Waals surface area (Å²) in [5, 5.41) is 22.1. The minimum atomic E-state index is -0.541. The number of hydrogen-bond donors (Lipinski definition) is 1. The maximum atomic E-state index is 12.9. The molecular weight excluding hydrogens is 368 g/mol. The van der Waals surface area contributed by atoms with Gasteiger partial charge in [0.15, 0.2) is 0 Å². The molecular formula is C23H28N2O4. The Kier molecular flexibility index (Phi) is 6.03. The average molecular weight is 396 g/mol. The number of aliphatic hydroxyl groups excluding tert-OH is 1. The van der Waals surface area contributed by atoms with Gasteiger partial charge in [-0.3, -0.25) is 14.9 Å². The molecule has 1 amide bonds. The number of nitro benzene ring substituents is 1. The standard InChI is InChI=1S/C23H28N2O4/c1-23(2,3)19-10-9-18(15-20(19)25(28)29)22(27)24-13-11-17(12-14-24)21(26)16-7-5-4-6-8-16/h4-10,15,17,21,26H,11-14H2,1-3H3. The van der Waals surface area contributed by atoms with Crippen LogP contribution in [0.2, 0.25) is 0 Å². The fourth-order valence-corrected chi connectivity index (χ4v) is 3.97. The summed E-state index contributed by atoms with van der Waals surface area (Å²) in [7, 11) is 0. The van der Waals surface area contributed by atoms with Crippen molar-refractivity contribution in [3.8, 4) is 0 Å². The summed E-state index contributed by atoms with van der Waals surface area (Å²) >= 11 is 0. The smallest absolute Gasteiger partial charge is 0.273 e. The van der Waals surface area contributed by atoms with Gasteiger partial charge in [0.25, 0.3) is 11.6 Å². The molecule has 1 atom stereocenters. The molecule has 1 fully saturated rings. The molecule has 0 aromatic heterocycles. The minimum Gasteiger partial charge on any atom is -0.388 e. The van der Waals surface area contributed by atoms with E-state index in [-0.39, 0.29) is 22.9 Å². The Balaban J connectivity index is 1.71.